The summed E-state index contributed by atoms with van der Waals surface area (Å²) in [5, 5.41) is 2.11. The van der Waals surface area contributed by atoms with Gasteiger partial charge in [-0.15, -0.1) is 5.21 Å². The minimum atomic E-state index is 1.08. The number of rotatable bonds is 2. The van der Waals surface area contributed by atoms with Crippen molar-refractivity contribution in [1.29, 1.82) is 0 Å². The van der Waals surface area contributed by atoms with Crippen LogP contribution in [0.2, 0.25) is 0 Å². The highest BCUT2D eigenvalue weighted by Gasteiger charge is 2.09. The summed E-state index contributed by atoms with van der Waals surface area (Å²) in [4.78, 5) is 4.69. The first-order valence-corrected chi connectivity index (χ1v) is 5.45. The van der Waals surface area contributed by atoms with E-state index in [-0.39, 0.29) is 0 Å². The molecule has 1 aliphatic heterocycles. The summed E-state index contributed by atoms with van der Waals surface area (Å²) in [6, 6.07) is 0. The lowest BCUT2D eigenvalue weighted by molar-refractivity contribution is 0.198. The second-order valence-corrected chi connectivity index (χ2v) is 3.86. The Hall–Kier alpha value is -1.16. The fraction of sp³-hybridized carbons (Fsp3) is 0.583. The third-order valence-corrected chi connectivity index (χ3v) is 2.21. The summed E-state index contributed by atoms with van der Waals surface area (Å²) in [6.45, 7) is 12.0. The molecule has 3 nitrogen and oxygen atoms in total. The zero-order chi connectivity index (χ0) is 12.4. The molecule has 4 heteroatoms. The van der Waals surface area contributed by atoms with Crippen LogP contribution < -0.4 is 0 Å². The van der Waals surface area contributed by atoms with Crippen molar-refractivity contribution in [2.24, 2.45) is 5.21 Å². The van der Waals surface area contributed by atoms with Crippen molar-refractivity contribution in [2.75, 3.05) is 33.2 Å². The number of hydrogen-bond acceptors (Lipinski definition) is 3. The normalized spacial score (nSPS) is 17.6. The molecule has 1 rings (SSSR count). The van der Waals surface area contributed by atoms with Gasteiger partial charge in [0.25, 0.3) is 0 Å². The van der Waals surface area contributed by atoms with Crippen LogP contribution in [0.5, 0.6) is 0 Å². The maximum absolute atomic E-state index is 10.3. The highest BCUT2D eigenvalue weighted by atomic mass is 19.2. The molecule has 0 aliphatic carbocycles. The van der Waals surface area contributed by atoms with E-state index in [9.17, 15) is 4.48 Å². The van der Waals surface area contributed by atoms with Crippen LogP contribution in [0.25, 0.3) is 0 Å². The lowest BCUT2D eigenvalue weighted by Gasteiger charge is -2.31. The molecule has 1 heterocycles. The maximum atomic E-state index is 10.3. The van der Waals surface area contributed by atoms with Crippen LogP contribution in [0.1, 0.15) is 13.8 Å². The molecule has 0 amide bonds. The summed E-state index contributed by atoms with van der Waals surface area (Å²) in [6.07, 6.45) is 5.31. The molecule has 1 saturated heterocycles. The predicted molar refractivity (Wildman–Crippen MR) is 68.3 cm³/mol. The van der Waals surface area contributed by atoms with E-state index in [4.69, 9.17) is 0 Å². The van der Waals surface area contributed by atoms with Crippen LogP contribution in [-0.2, 0) is 0 Å². The summed E-state index contributed by atoms with van der Waals surface area (Å²) < 4.78 is 10.3. The second-order valence-electron chi connectivity index (χ2n) is 3.86. The third kappa shape index (κ3) is 8.17. The van der Waals surface area contributed by atoms with E-state index < -0.39 is 0 Å². The molecule has 0 spiro atoms. The van der Waals surface area contributed by atoms with Crippen LogP contribution in [0.15, 0.2) is 29.6 Å². The number of halogens is 1. The Morgan fingerprint density at radius 2 is 1.81 bits per heavy atom. The molecule has 0 saturated carbocycles. The van der Waals surface area contributed by atoms with E-state index in [1.54, 1.807) is 0 Å². The van der Waals surface area contributed by atoms with Gasteiger partial charge in [-0.3, -0.25) is 0 Å². The van der Waals surface area contributed by atoms with Crippen LogP contribution >= 0.6 is 0 Å². The molecular formula is C12H22FN3. The zero-order valence-electron chi connectivity index (χ0n) is 10.5. The van der Waals surface area contributed by atoms with Gasteiger partial charge in [0.15, 0.2) is 0 Å². The van der Waals surface area contributed by atoms with Gasteiger partial charge < -0.3 is 9.80 Å². The molecule has 1 fully saturated rings. The Morgan fingerprint density at radius 1 is 1.31 bits per heavy atom. The fourth-order valence-electron chi connectivity index (χ4n) is 1.20. The van der Waals surface area contributed by atoms with Crippen molar-refractivity contribution in [2.45, 2.75) is 13.8 Å². The molecule has 92 valence electrons. The Balaban J connectivity index is 0.000000487. The van der Waals surface area contributed by atoms with E-state index in [1.165, 1.54) is 20.0 Å². The van der Waals surface area contributed by atoms with Gasteiger partial charge in [-0.25, -0.2) is 0 Å². The van der Waals surface area contributed by atoms with Crippen LogP contribution in [0.4, 0.5) is 4.48 Å². The summed E-state index contributed by atoms with van der Waals surface area (Å²) in [5.74, 6) is 0. The number of piperazine rings is 1. The van der Waals surface area contributed by atoms with Gasteiger partial charge in [0.05, 0.1) is 0 Å². The first-order valence-electron chi connectivity index (χ1n) is 5.45. The van der Waals surface area contributed by atoms with E-state index in [2.05, 4.69) is 40.9 Å². The maximum Gasteiger partial charge on any atom is 0.0343 e. The summed E-state index contributed by atoms with van der Waals surface area (Å²) >= 11 is 0. The SMILES string of the molecule is C/C=N/F.C=C(C)/C=C/N1CCN(C)CC1. The minimum Gasteiger partial charge on any atom is -0.375 e. The topological polar surface area (TPSA) is 18.8 Å². The van der Waals surface area contributed by atoms with Crippen molar-refractivity contribution < 1.29 is 4.48 Å². The highest BCUT2D eigenvalue weighted by molar-refractivity contribution is 5.51. The molecule has 0 aromatic carbocycles. The Bertz CT molecular complexity index is 237. The van der Waals surface area contributed by atoms with Gasteiger partial charge in [0.2, 0.25) is 0 Å². The second kappa shape index (κ2) is 9.09. The lowest BCUT2D eigenvalue weighted by Crippen LogP contribution is -2.41. The largest absolute Gasteiger partial charge is 0.375 e. The number of likely N-dealkylation sites (N-methyl/N-ethyl adjacent to an activating group) is 1. The first-order chi connectivity index (χ1) is 7.60. The molecule has 0 N–H and O–H groups in total. The fourth-order valence-corrected chi connectivity index (χ4v) is 1.20. The van der Waals surface area contributed by atoms with E-state index in [1.807, 2.05) is 6.92 Å². The average molecular weight is 227 g/mol. The van der Waals surface area contributed by atoms with Crippen molar-refractivity contribution in [3.63, 3.8) is 0 Å². The molecule has 0 atom stereocenters. The molecule has 0 aromatic heterocycles. The zero-order valence-corrected chi connectivity index (χ0v) is 10.5. The Labute approximate surface area is 97.9 Å². The molecule has 0 bridgehead atoms. The van der Waals surface area contributed by atoms with Gasteiger partial charge in [0, 0.05) is 32.4 Å². The Morgan fingerprint density at radius 3 is 2.19 bits per heavy atom. The monoisotopic (exact) mass is 227 g/mol. The van der Waals surface area contributed by atoms with Gasteiger partial charge in [-0.1, -0.05) is 16.6 Å². The van der Waals surface area contributed by atoms with Crippen molar-refractivity contribution in [3.8, 4) is 0 Å². The quantitative estimate of drug-likeness (QED) is 0.532. The average Bonchev–Trinajstić information content (AvgIpc) is 2.28. The van der Waals surface area contributed by atoms with E-state index >= 15 is 0 Å². The van der Waals surface area contributed by atoms with Gasteiger partial charge >= 0.3 is 0 Å². The van der Waals surface area contributed by atoms with Crippen LogP contribution in [0.3, 0.4) is 0 Å². The molecule has 0 aromatic rings. The van der Waals surface area contributed by atoms with Gasteiger partial charge in [-0.2, -0.15) is 0 Å². The van der Waals surface area contributed by atoms with Crippen molar-refractivity contribution in [1.82, 2.24) is 9.80 Å². The third-order valence-electron chi connectivity index (χ3n) is 2.21. The minimum absolute atomic E-state index is 1.08. The van der Waals surface area contributed by atoms with Crippen LogP contribution in [0, 0.1) is 0 Å². The summed E-state index contributed by atoms with van der Waals surface area (Å²) in [5.41, 5.74) is 1.12. The smallest absolute Gasteiger partial charge is 0.0343 e. The highest BCUT2D eigenvalue weighted by Crippen LogP contribution is 2.00. The number of hydrogen-bond donors (Lipinski definition) is 0. The molecule has 16 heavy (non-hydrogen) atoms. The van der Waals surface area contributed by atoms with Crippen molar-refractivity contribution >= 4 is 6.21 Å². The predicted octanol–water partition coefficient (Wildman–Crippen LogP) is 2.29. The van der Waals surface area contributed by atoms with E-state index in [0.29, 0.717) is 0 Å². The van der Waals surface area contributed by atoms with E-state index in [0.717, 1.165) is 24.9 Å². The van der Waals surface area contributed by atoms with Crippen molar-refractivity contribution in [3.05, 3.63) is 24.4 Å². The van der Waals surface area contributed by atoms with Gasteiger partial charge in [-0.05, 0) is 33.2 Å². The number of nitrogens with zero attached hydrogens (tertiary/aromatic N) is 3. The number of allylic oxidation sites excluding steroid dienone is 2. The molecule has 1 aliphatic rings. The molecule has 0 radical (unpaired) electrons. The summed E-state index contributed by atoms with van der Waals surface area (Å²) in [7, 11) is 2.17. The lowest BCUT2D eigenvalue weighted by atomic mass is 10.3. The molecule has 0 unspecified atom stereocenters. The van der Waals surface area contributed by atoms with Gasteiger partial charge in [0.1, 0.15) is 0 Å². The standard InChI is InChI=1S/C10H18N2.C2H4FN/c1-10(2)4-5-12-8-6-11(3)7-9-12;1-2-4-3/h4-5H,1,6-9H2,2-3H3;2H,1H3/b5-4+;4-2+. The Kier molecular flexibility index (Phi) is 8.43. The van der Waals surface area contributed by atoms with Crippen LogP contribution in [-0.4, -0.2) is 49.2 Å². The molecular weight excluding hydrogens is 205 g/mol. The first kappa shape index (κ1) is 14.8.